The van der Waals surface area contributed by atoms with Crippen molar-refractivity contribution in [2.24, 2.45) is 5.92 Å². The Balaban J connectivity index is 1.46. The second-order valence-corrected chi connectivity index (χ2v) is 7.18. The van der Waals surface area contributed by atoms with Crippen LogP contribution in [0.3, 0.4) is 0 Å². The molecule has 5 heteroatoms. The van der Waals surface area contributed by atoms with E-state index >= 15 is 0 Å². The number of nitrogens with zero attached hydrogens (tertiary/aromatic N) is 3. The van der Waals surface area contributed by atoms with Crippen LogP contribution in [0.4, 0.5) is 0 Å². The van der Waals surface area contributed by atoms with Crippen molar-refractivity contribution in [2.75, 3.05) is 39.3 Å². The topological polar surface area (TPSA) is 43.9 Å². The molecular formula is C20H29N3O2. The molecule has 1 unspecified atom stereocenters. The van der Waals surface area contributed by atoms with Crippen LogP contribution in [0.15, 0.2) is 30.3 Å². The van der Waals surface area contributed by atoms with Gasteiger partial charge < -0.3 is 9.80 Å². The first kappa shape index (κ1) is 17.9. The highest BCUT2D eigenvalue weighted by Crippen LogP contribution is 2.21. The minimum atomic E-state index is -0.134. The third-order valence-electron chi connectivity index (χ3n) is 5.28. The predicted octanol–water partition coefficient (Wildman–Crippen LogP) is 1.98. The predicted molar refractivity (Wildman–Crippen MR) is 97.9 cm³/mol. The largest absolute Gasteiger partial charge is 0.342 e. The summed E-state index contributed by atoms with van der Waals surface area (Å²) in [5, 5.41) is 0. The van der Waals surface area contributed by atoms with Crippen LogP contribution in [0.5, 0.6) is 0 Å². The van der Waals surface area contributed by atoms with Crippen molar-refractivity contribution in [3.05, 3.63) is 35.9 Å². The summed E-state index contributed by atoms with van der Waals surface area (Å²) in [6.07, 6.45) is 2.49. The van der Waals surface area contributed by atoms with Crippen LogP contribution in [0.25, 0.3) is 0 Å². The van der Waals surface area contributed by atoms with E-state index in [9.17, 15) is 9.59 Å². The monoisotopic (exact) mass is 343 g/mol. The summed E-state index contributed by atoms with van der Waals surface area (Å²) < 4.78 is 0. The summed E-state index contributed by atoms with van der Waals surface area (Å²) in [5.74, 6) is 0.186. The van der Waals surface area contributed by atoms with E-state index in [1.807, 2.05) is 15.9 Å². The molecule has 0 spiro atoms. The Hall–Kier alpha value is -1.88. The van der Waals surface area contributed by atoms with Gasteiger partial charge in [-0.3, -0.25) is 14.5 Å². The molecule has 2 heterocycles. The van der Waals surface area contributed by atoms with Crippen molar-refractivity contribution in [3.63, 3.8) is 0 Å². The van der Waals surface area contributed by atoms with E-state index in [-0.39, 0.29) is 17.7 Å². The molecule has 1 aromatic rings. The number of benzene rings is 1. The second-order valence-electron chi connectivity index (χ2n) is 7.18. The van der Waals surface area contributed by atoms with E-state index in [0.717, 1.165) is 52.1 Å². The Bertz CT molecular complexity index is 582. The zero-order chi connectivity index (χ0) is 17.6. The summed E-state index contributed by atoms with van der Waals surface area (Å²) >= 11 is 0. The molecule has 0 aliphatic carbocycles. The summed E-state index contributed by atoms with van der Waals surface area (Å²) in [4.78, 5) is 31.1. The smallest absolute Gasteiger partial charge is 0.228 e. The van der Waals surface area contributed by atoms with E-state index < -0.39 is 0 Å². The molecular weight excluding hydrogens is 314 g/mol. The van der Waals surface area contributed by atoms with Crippen LogP contribution >= 0.6 is 0 Å². The van der Waals surface area contributed by atoms with Crippen molar-refractivity contribution in [1.82, 2.24) is 14.7 Å². The van der Waals surface area contributed by atoms with Gasteiger partial charge in [0.05, 0.1) is 5.92 Å². The van der Waals surface area contributed by atoms with Crippen LogP contribution in [0.2, 0.25) is 0 Å². The number of carbonyl (C=O) groups excluding carboxylic acids is 2. The zero-order valence-electron chi connectivity index (χ0n) is 15.2. The van der Waals surface area contributed by atoms with Crippen LogP contribution in [-0.2, 0) is 16.1 Å². The Morgan fingerprint density at radius 2 is 1.84 bits per heavy atom. The molecule has 136 valence electrons. The van der Waals surface area contributed by atoms with Crippen molar-refractivity contribution in [3.8, 4) is 0 Å². The molecule has 1 atom stereocenters. The fourth-order valence-corrected chi connectivity index (χ4v) is 3.73. The highest BCUT2D eigenvalue weighted by Gasteiger charge is 2.36. The van der Waals surface area contributed by atoms with Gasteiger partial charge in [-0.15, -0.1) is 0 Å². The number of unbranched alkanes of at least 4 members (excludes halogenated alkanes) is 1. The van der Waals surface area contributed by atoms with Gasteiger partial charge in [-0.2, -0.15) is 0 Å². The van der Waals surface area contributed by atoms with Crippen LogP contribution in [0, 0.1) is 5.92 Å². The molecule has 2 aliphatic rings. The first-order valence-corrected chi connectivity index (χ1v) is 9.50. The van der Waals surface area contributed by atoms with Gasteiger partial charge in [0.2, 0.25) is 11.8 Å². The van der Waals surface area contributed by atoms with E-state index in [2.05, 4.69) is 36.1 Å². The number of likely N-dealkylation sites (tertiary alicyclic amines) is 1. The van der Waals surface area contributed by atoms with Crippen molar-refractivity contribution in [2.45, 2.75) is 32.7 Å². The summed E-state index contributed by atoms with van der Waals surface area (Å²) in [5.41, 5.74) is 1.32. The highest BCUT2D eigenvalue weighted by molar-refractivity contribution is 5.89. The normalized spacial score (nSPS) is 21.8. The maximum absolute atomic E-state index is 12.8. The zero-order valence-corrected chi connectivity index (χ0v) is 15.2. The van der Waals surface area contributed by atoms with E-state index in [1.54, 1.807) is 0 Å². The van der Waals surface area contributed by atoms with Crippen molar-refractivity contribution >= 4 is 11.8 Å². The van der Waals surface area contributed by atoms with E-state index in [1.165, 1.54) is 5.56 Å². The average molecular weight is 343 g/mol. The molecule has 0 radical (unpaired) electrons. The molecule has 2 fully saturated rings. The molecule has 2 amide bonds. The minimum Gasteiger partial charge on any atom is -0.342 e. The SMILES string of the molecule is CCCCN1CC(C(=O)N2CCN(Cc3ccccc3)CC2)CC1=O. The summed E-state index contributed by atoms with van der Waals surface area (Å²) in [7, 11) is 0. The van der Waals surface area contributed by atoms with Gasteiger partial charge in [0.15, 0.2) is 0 Å². The molecule has 0 aromatic heterocycles. The lowest BCUT2D eigenvalue weighted by Gasteiger charge is -2.36. The highest BCUT2D eigenvalue weighted by atomic mass is 16.2. The standard InChI is InChI=1S/C20H29N3O2/c1-2-3-9-23-16-18(14-19(23)24)20(25)22-12-10-21(11-13-22)15-17-7-5-4-6-8-17/h4-8,18H,2-3,9-16H2,1H3. The van der Waals surface area contributed by atoms with Crippen molar-refractivity contribution in [1.29, 1.82) is 0 Å². The van der Waals surface area contributed by atoms with Gasteiger partial charge >= 0.3 is 0 Å². The number of rotatable bonds is 6. The molecule has 3 rings (SSSR count). The maximum atomic E-state index is 12.8. The van der Waals surface area contributed by atoms with Gasteiger partial charge in [0.25, 0.3) is 0 Å². The van der Waals surface area contributed by atoms with Gasteiger partial charge in [-0.05, 0) is 12.0 Å². The lowest BCUT2D eigenvalue weighted by Crippen LogP contribution is -2.50. The fraction of sp³-hybridized carbons (Fsp3) is 0.600. The Labute approximate surface area is 150 Å². The lowest BCUT2D eigenvalue weighted by molar-refractivity contribution is -0.137. The van der Waals surface area contributed by atoms with Crippen LogP contribution < -0.4 is 0 Å². The molecule has 1 aromatic carbocycles. The fourth-order valence-electron chi connectivity index (χ4n) is 3.73. The summed E-state index contributed by atoms with van der Waals surface area (Å²) in [6, 6.07) is 10.5. The molecule has 2 saturated heterocycles. The number of amides is 2. The first-order valence-electron chi connectivity index (χ1n) is 9.50. The third kappa shape index (κ3) is 4.60. The summed E-state index contributed by atoms with van der Waals surface area (Å²) in [6.45, 7) is 7.82. The Kier molecular flexibility index (Phi) is 6.08. The Morgan fingerprint density at radius 3 is 2.52 bits per heavy atom. The maximum Gasteiger partial charge on any atom is 0.228 e. The van der Waals surface area contributed by atoms with Gasteiger partial charge in [0.1, 0.15) is 0 Å². The quantitative estimate of drug-likeness (QED) is 0.793. The molecule has 0 bridgehead atoms. The molecule has 0 saturated carbocycles. The third-order valence-corrected chi connectivity index (χ3v) is 5.28. The van der Waals surface area contributed by atoms with Crippen molar-refractivity contribution < 1.29 is 9.59 Å². The molecule has 2 aliphatic heterocycles. The van der Waals surface area contributed by atoms with Gasteiger partial charge in [-0.25, -0.2) is 0 Å². The van der Waals surface area contributed by atoms with Crippen LogP contribution in [-0.4, -0.2) is 65.8 Å². The first-order chi connectivity index (χ1) is 12.2. The van der Waals surface area contributed by atoms with Gasteiger partial charge in [0, 0.05) is 52.2 Å². The number of hydrogen-bond donors (Lipinski definition) is 0. The molecule has 25 heavy (non-hydrogen) atoms. The number of hydrogen-bond acceptors (Lipinski definition) is 3. The van der Waals surface area contributed by atoms with E-state index in [4.69, 9.17) is 0 Å². The van der Waals surface area contributed by atoms with E-state index in [0.29, 0.717) is 13.0 Å². The Morgan fingerprint density at radius 1 is 1.12 bits per heavy atom. The number of piperazine rings is 1. The second kappa shape index (κ2) is 8.48. The van der Waals surface area contributed by atoms with Crippen LogP contribution in [0.1, 0.15) is 31.7 Å². The average Bonchev–Trinajstić information content (AvgIpc) is 3.01. The van der Waals surface area contributed by atoms with Gasteiger partial charge in [-0.1, -0.05) is 43.7 Å². The lowest BCUT2D eigenvalue weighted by atomic mass is 10.1. The molecule has 0 N–H and O–H groups in total. The minimum absolute atomic E-state index is 0.134. The number of carbonyl (C=O) groups is 2. The molecule has 5 nitrogen and oxygen atoms in total.